The zero-order chi connectivity index (χ0) is 46.8. The zero-order valence-corrected chi connectivity index (χ0v) is 41.3. The van der Waals surface area contributed by atoms with E-state index < -0.39 is 52.8 Å². The molecule has 2 aromatic rings. The molecule has 0 aliphatic carbocycles. The Morgan fingerprint density at radius 2 is 1.54 bits per heavy atom. The van der Waals surface area contributed by atoms with Gasteiger partial charge in [0.2, 0.25) is 0 Å². The lowest BCUT2D eigenvalue weighted by atomic mass is 9.75. The number of thiocarbonyl (C=S) groups is 1. The van der Waals surface area contributed by atoms with E-state index in [1.807, 2.05) is 39.8 Å². The molecule has 0 radical (unpaired) electrons. The van der Waals surface area contributed by atoms with E-state index in [0.29, 0.717) is 35.1 Å². The summed E-state index contributed by atoms with van der Waals surface area (Å²) in [5.74, 6) is -2.96. The van der Waals surface area contributed by atoms with Gasteiger partial charge in [0.1, 0.15) is 15.8 Å². The SMILES string of the molecule is CCC1c2cc(/C=C\C=C3/S/C(=C4/SC(=S)N(CC(C)(C)CC(C)(C)C(=O)O)C4=O)N(CC(=O)O)C3O)ccc2N(c2ccc(SC(C)(CC)CC(C)(CC)C(=O)O)cc2)C1CC. The fourth-order valence-corrected chi connectivity index (χ4v) is 13.1. The number of allylic oxidation sites excluding steroid dienone is 2. The predicted molar refractivity (Wildman–Crippen MR) is 261 cm³/mol. The first kappa shape index (κ1) is 50.2. The van der Waals surface area contributed by atoms with Crippen LogP contribution in [0.25, 0.3) is 6.08 Å². The van der Waals surface area contributed by atoms with Crippen LogP contribution in [0.15, 0.2) is 74.4 Å². The van der Waals surface area contributed by atoms with Crippen molar-refractivity contribution in [1.29, 1.82) is 0 Å². The van der Waals surface area contributed by atoms with Crippen LogP contribution in [0.5, 0.6) is 0 Å². The number of aliphatic carboxylic acids is 3. The van der Waals surface area contributed by atoms with E-state index >= 15 is 0 Å². The summed E-state index contributed by atoms with van der Waals surface area (Å²) in [6.07, 6.45) is 8.43. The summed E-state index contributed by atoms with van der Waals surface area (Å²) in [4.78, 5) is 56.9. The quantitative estimate of drug-likeness (QED) is 0.0599. The molecule has 3 aliphatic rings. The Balaban J connectivity index is 1.37. The maximum absolute atomic E-state index is 13.9. The first-order valence-electron chi connectivity index (χ1n) is 21.6. The number of benzene rings is 2. The highest BCUT2D eigenvalue weighted by atomic mass is 32.2. The van der Waals surface area contributed by atoms with Crippen molar-refractivity contribution in [3.05, 3.63) is 80.6 Å². The van der Waals surface area contributed by atoms with Crippen LogP contribution in [0.3, 0.4) is 0 Å². The third-order valence-electron chi connectivity index (χ3n) is 12.7. The Kier molecular flexibility index (Phi) is 15.8. The van der Waals surface area contributed by atoms with Crippen LogP contribution < -0.4 is 4.90 Å². The van der Waals surface area contributed by atoms with Crippen molar-refractivity contribution in [2.24, 2.45) is 16.2 Å². The second-order valence-electron chi connectivity index (χ2n) is 18.8. The molecular weight excluding hydrogens is 875 g/mol. The first-order valence-corrected chi connectivity index (χ1v) is 24.5. The number of hydrogen-bond acceptors (Lipinski definition) is 11. The molecule has 63 heavy (non-hydrogen) atoms. The smallest absolute Gasteiger partial charge is 0.323 e. The fraction of sp³-hybridized carbons (Fsp3) is 0.521. The molecular formula is C48H63N3O8S4. The zero-order valence-electron chi connectivity index (χ0n) is 38.1. The average Bonchev–Trinajstić information content (AvgIpc) is 3.80. The summed E-state index contributed by atoms with van der Waals surface area (Å²) in [5.41, 5.74) is 2.08. The molecule has 11 nitrogen and oxygen atoms in total. The van der Waals surface area contributed by atoms with E-state index in [0.717, 1.165) is 64.6 Å². The van der Waals surface area contributed by atoms with Gasteiger partial charge < -0.3 is 30.2 Å². The Bertz CT molecular complexity index is 2200. The summed E-state index contributed by atoms with van der Waals surface area (Å²) in [6, 6.07) is 15.4. The third-order valence-corrected chi connectivity index (χ3v) is 16.9. The van der Waals surface area contributed by atoms with Gasteiger partial charge >= 0.3 is 17.9 Å². The second kappa shape index (κ2) is 19.8. The van der Waals surface area contributed by atoms with Gasteiger partial charge in [0.15, 0.2) is 6.23 Å². The molecule has 0 bridgehead atoms. The van der Waals surface area contributed by atoms with E-state index in [9.17, 15) is 39.6 Å². The number of fused-ring (bicyclic) bond motifs is 1. The van der Waals surface area contributed by atoms with E-state index in [4.69, 9.17) is 12.2 Å². The second-order valence-corrected chi connectivity index (χ2v) is 23.2. The molecule has 5 atom stereocenters. The van der Waals surface area contributed by atoms with Gasteiger partial charge in [-0.3, -0.25) is 24.1 Å². The number of anilines is 2. The number of hydrogen-bond donors (Lipinski definition) is 4. The van der Waals surface area contributed by atoms with Crippen molar-refractivity contribution in [2.45, 2.75) is 136 Å². The van der Waals surface area contributed by atoms with E-state index in [1.54, 1.807) is 31.7 Å². The maximum atomic E-state index is 13.9. The van der Waals surface area contributed by atoms with Crippen LogP contribution in [0.2, 0.25) is 0 Å². The largest absolute Gasteiger partial charge is 0.481 e. The van der Waals surface area contributed by atoms with E-state index in [1.165, 1.54) is 15.4 Å². The summed E-state index contributed by atoms with van der Waals surface area (Å²) < 4.78 is 0.0552. The molecule has 3 aliphatic heterocycles. The number of carboxylic acids is 3. The minimum absolute atomic E-state index is 0.180. The molecule has 5 unspecified atom stereocenters. The molecule has 4 N–H and O–H groups in total. The molecule has 2 aromatic carbocycles. The first-order chi connectivity index (χ1) is 29.4. The van der Waals surface area contributed by atoms with Gasteiger partial charge in [0.05, 0.1) is 15.9 Å². The highest BCUT2D eigenvalue weighted by Crippen LogP contribution is 2.51. The Hall–Kier alpha value is -3.76. The minimum Gasteiger partial charge on any atom is -0.481 e. The Labute approximate surface area is 390 Å². The average molecular weight is 938 g/mol. The summed E-state index contributed by atoms with van der Waals surface area (Å²) in [5, 5.41) is 41.2. The molecule has 0 saturated carbocycles. The van der Waals surface area contributed by atoms with Gasteiger partial charge in [-0.05, 0) is 118 Å². The molecule has 342 valence electrons. The van der Waals surface area contributed by atoms with E-state index in [2.05, 4.69) is 75.1 Å². The topological polar surface area (TPSA) is 159 Å². The molecule has 5 rings (SSSR count). The molecule has 0 spiro atoms. The molecule has 1 amide bonds. The predicted octanol–water partition coefficient (Wildman–Crippen LogP) is 11.2. The number of thioether (sulfide) groups is 3. The molecule has 2 saturated heterocycles. The van der Waals surface area contributed by atoms with Crippen molar-refractivity contribution >= 4 is 93.1 Å². The lowest BCUT2D eigenvalue weighted by molar-refractivity contribution is -0.149. The van der Waals surface area contributed by atoms with Crippen molar-refractivity contribution in [2.75, 3.05) is 18.0 Å². The summed E-state index contributed by atoms with van der Waals surface area (Å²) >= 11 is 9.57. The lowest BCUT2D eigenvalue weighted by Crippen LogP contribution is -2.41. The van der Waals surface area contributed by atoms with Crippen LogP contribution >= 0.6 is 47.5 Å². The van der Waals surface area contributed by atoms with Crippen LogP contribution in [0.4, 0.5) is 11.4 Å². The Morgan fingerprint density at radius 1 is 0.873 bits per heavy atom. The van der Waals surface area contributed by atoms with Crippen molar-refractivity contribution in [3.8, 4) is 0 Å². The number of aliphatic hydroxyl groups excluding tert-OH is 1. The Morgan fingerprint density at radius 3 is 2.10 bits per heavy atom. The van der Waals surface area contributed by atoms with Crippen molar-refractivity contribution in [1.82, 2.24) is 9.80 Å². The van der Waals surface area contributed by atoms with Gasteiger partial charge in [-0.2, -0.15) is 0 Å². The standard InChI is InChI=1S/C48H63N3O8S4/c1-11-32-33-24-29(18-23-35(33)51(34(32)12-2)30-19-21-31(22-20-30)63-48(10,14-4)27-47(9,13-3)43(58)59)16-15-17-36-39(54)49(25-37(52)53)41(61-36)38-40(55)50(44(60)62-38)28-45(5,6)26-46(7,8)42(56)57/h15-24,32,34,39,54H,11-14,25-28H2,1-10H3,(H,52,53)(H,56,57)(H,58,59)/b16-15-,36-17-,41-38+. The molecule has 15 heteroatoms. The molecule has 3 heterocycles. The van der Waals surface area contributed by atoms with Gasteiger partial charge in [-0.1, -0.05) is 102 Å². The molecule has 2 fully saturated rings. The van der Waals surface area contributed by atoms with Crippen molar-refractivity contribution in [3.63, 3.8) is 0 Å². The number of amides is 1. The van der Waals surface area contributed by atoms with Crippen LogP contribution in [-0.4, -0.2) is 88.5 Å². The van der Waals surface area contributed by atoms with E-state index in [-0.39, 0.29) is 26.6 Å². The summed E-state index contributed by atoms with van der Waals surface area (Å²) in [6.45, 7) is 19.2. The number of nitrogens with zero attached hydrogens (tertiary/aromatic N) is 3. The summed E-state index contributed by atoms with van der Waals surface area (Å²) in [7, 11) is 0. The number of carbonyl (C=O) groups excluding carboxylic acids is 1. The lowest BCUT2D eigenvalue weighted by Gasteiger charge is -2.36. The van der Waals surface area contributed by atoms with Gasteiger partial charge in [-0.15, -0.1) is 11.8 Å². The van der Waals surface area contributed by atoms with Crippen LogP contribution in [-0.2, 0) is 19.2 Å². The van der Waals surface area contributed by atoms with Crippen LogP contribution in [0.1, 0.15) is 125 Å². The highest BCUT2D eigenvalue weighted by molar-refractivity contribution is 8.27. The minimum atomic E-state index is -1.30. The van der Waals surface area contributed by atoms with Crippen LogP contribution in [0, 0.1) is 16.2 Å². The maximum Gasteiger partial charge on any atom is 0.323 e. The van der Waals surface area contributed by atoms with Gasteiger partial charge in [-0.25, -0.2) is 0 Å². The number of aliphatic hydroxyl groups is 1. The molecule has 0 aromatic heterocycles. The van der Waals surface area contributed by atoms with Crippen molar-refractivity contribution < 1.29 is 39.6 Å². The monoisotopic (exact) mass is 937 g/mol. The third kappa shape index (κ3) is 11.0. The highest BCUT2D eigenvalue weighted by Gasteiger charge is 2.45. The number of carboxylic acid groups (broad SMARTS) is 3. The normalized spacial score (nSPS) is 23.2. The fourth-order valence-electron chi connectivity index (χ4n) is 9.18. The number of rotatable bonds is 19. The van der Waals surface area contributed by atoms with Gasteiger partial charge in [0.25, 0.3) is 5.91 Å². The number of carbonyl (C=O) groups is 4. The van der Waals surface area contributed by atoms with Gasteiger partial charge in [0, 0.05) is 44.4 Å².